The van der Waals surface area contributed by atoms with Crippen LogP contribution in [0.4, 0.5) is 0 Å². The summed E-state index contributed by atoms with van der Waals surface area (Å²) >= 11 is 0. The van der Waals surface area contributed by atoms with E-state index in [-0.39, 0.29) is 24.3 Å². The normalized spacial score (nSPS) is 25.7. The van der Waals surface area contributed by atoms with Crippen LogP contribution >= 0.6 is 0 Å². The standard InChI is InChI=1S/C17H20N2O2/c1-5-11-19-14(12(2)3)15(20)18-17(4,16(19)21)13-9-7-6-8-10-13/h1,6-10,12,14H,11H2,2-4H3,(H,18,20). The number of terminal acetylenes is 1. The number of benzene rings is 1. The fraction of sp³-hybridized carbons (Fsp3) is 0.412. The Balaban J connectivity index is 2.46. The molecule has 1 N–H and O–H groups in total. The predicted molar refractivity (Wildman–Crippen MR) is 81.1 cm³/mol. The number of piperazine rings is 1. The van der Waals surface area contributed by atoms with Gasteiger partial charge in [0.15, 0.2) is 0 Å². The summed E-state index contributed by atoms with van der Waals surface area (Å²) in [5.41, 5.74) is -0.312. The highest BCUT2D eigenvalue weighted by Gasteiger charge is 2.49. The van der Waals surface area contributed by atoms with Gasteiger partial charge in [0.1, 0.15) is 11.6 Å². The van der Waals surface area contributed by atoms with Crippen LogP contribution in [0.25, 0.3) is 0 Å². The Kier molecular flexibility index (Phi) is 4.04. The van der Waals surface area contributed by atoms with Crippen molar-refractivity contribution in [3.8, 4) is 12.3 Å². The fourth-order valence-electron chi connectivity index (χ4n) is 2.83. The first-order valence-electron chi connectivity index (χ1n) is 7.04. The van der Waals surface area contributed by atoms with Crippen LogP contribution in [0.15, 0.2) is 30.3 Å². The Morgan fingerprint density at radius 1 is 1.33 bits per heavy atom. The zero-order valence-corrected chi connectivity index (χ0v) is 12.6. The molecular weight excluding hydrogens is 264 g/mol. The molecule has 0 aliphatic carbocycles. The maximum Gasteiger partial charge on any atom is 0.254 e. The van der Waals surface area contributed by atoms with Crippen LogP contribution in [0.1, 0.15) is 26.3 Å². The zero-order chi connectivity index (χ0) is 15.6. The van der Waals surface area contributed by atoms with E-state index in [1.165, 1.54) is 4.90 Å². The van der Waals surface area contributed by atoms with E-state index in [0.29, 0.717) is 0 Å². The minimum absolute atomic E-state index is 0.00243. The van der Waals surface area contributed by atoms with Crippen LogP contribution in [0.5, 0.6) is 0 Å². The van der Waals surface area contributed by atoms with Crippen molar-refractivity contribution in [3.63, 3.8) is 0 Å². The number of nitrogens with one attached hydrogen (secondary N) is 1. The summed E-state index contributed by atoms with van der Waals surface area (Å²) in [4.78, 5) is 26.9. The molecule has 1 heterocycles. The Labute approximate surface area is 125 Å². The van der Waals surface area contributed by atoms with Gasteiger partial charge in [-0.25, -0.2) is 0 Å². The van der Waals surface area contributed by atoms with Gasteiger partial charge in [0.25, 0.3) is 5.91 Å². The van der Waals surface area contributed by atoms with Gasteiger partial charge in [-0.2, -0.15) is 0 Å². The maximum absolute atomic E-state index is 12.9. The summed E-state index contributed by atoms with van der Waals surface area (Å²) in [5.74, 6) is 2.17. The third-order valence-corrected chi connectivity index (χ3v) is 3.91. The van der Waals surface area contributed by atoms with Crippen LogP contribution in [-0.4, -0.2) is 29.3 Å². The number of carbonyl (C=O) groups excluding carboxylic acids is 2. The van der Waals surface area contributed by atoms with Gasteiger partial charge in [0, 0.05) is 0 Å². The van der Waals surface area contributed by atoms with Crippen LogP contribution in [-0.2, 0) is 15.1 Å². The Bertz CT molecular complexity index is 589. The molecule has 2 amide bonds. The molecule has 1 aromatic carbocycles. The van der Waals surface area contributed by atoms with Crippen molar-refractivity contribution in [3.05, 3.63) is 35.9 Å². The summed E-state index contributed by atoms with van der Waals surface area (Å²) in [6, 6.07) is 8.72. The van der Waals surface area contributed by atoms with Gasteiger partial charge in [-0.3, -0.25) is 9.59 Å². The molecular formula is C17H20N2O2. The summed E-state index contributed by atoms with van der Waals surface area (Å²) in [6.07, 6.45) is 5.38. The lowest BCUT2D eigenvalue weighted by Gasteiger charge is -2.45. The number of rotatable bonds is 3. The van der Waals surface area contributed by atoms with Crippen molar-refractivity contribution in [1.82, 2.24) is 10.2 Å². The molecule has 0 saturated carbocycles. The van der Waals surface area contributed by atoms with Gasteiger partial charge >= 0.3 is 0 Å². The van der Waals surface area contributed by atoms with Gasteiger partial charge < -0.3 is 10.2 Å². The van der Waals surface area contributed by atoms with Crippen molar-refractivity contribution in [1.29, 1.82) is 0 Å². The molecule has 2 rings (SSSR count). The van der Waals surface area contributed by atoms with E-state index in [1.54, 1.807) is 6.92 Å². The average Bonchev–Trinajstić information content (AvgIpc) is 2.45. The minimum Gasteiger partial charge on any atom is -0.336 e. The predicted octanol–water partition coefficient (Wildman–Crippen LogP) is 1.52. The lowest BCUT2D eigenvalue weighted by Crippen LogP contribution is -2.68. The smallest absolute Gasteiger partial charge is 0.254 e. The van der Waals surface area contributed by atoms with Gasteiger partial charge in [-0.15, -0.1) is 6.42 Å². The minimum atomic E-state index is -1.07. The van der Waals surface area contributed by atoms with E-state index in [9.17, 15) is 9.59 Å². The highest BCUT2D eigenvalue weighted by atomic mass is 16.2. The molecule has 0 radical (unpaired) electrons. The first-order chi connectivity index (χ1) is 9.91. The van der Waals surface area contributed by atoms with Gasteiger partial charge in [-0.05, 0) is 18.4 Å². The number of hydrogen-bond donors (Lipinski definition) is 1. The molecule has 1 aliphatic rings. The van der Waals surface area contributed by atoms with E-state index in [1.807, 2.05) is 44.2 Å². The highest BCUT2D eigenvalue weighted by molar-refractivity contribution is 6.00. The van der Waals surface area contributed by atoms with Crippen LogP contribution in [0.2, 0.25) is 0 Å². The van der Waals surface area contributed by atoms with Crippen molar-refractivity contribution < 1.29 is 9.59 Å². The zero-order valence-electron chi connectivity index (χ0n) is 12.6. The van der Waals surface area contributed by atoms with Gasteiger partial charge in [-0.1, -0.05) is 50.1 Å². The lowest BCUT2D eigenvalue weighted by molar-refractivity contribution is -0.155. The molecule has 4 heteroatoms. The second-order valence-electron chi connectivity index (χ2n) is 5.81. The Morgan fingerprint density at radius 2 is 1.95 bits per heavy atom. The molecule has 1 aliphatic heterocycles. The number of amides is 2. The molecule has 2 atom stereocenters. The third-order valence-electron chi connectivity index (χ3n) is 3.91. The highest BCUT2D eigenvalue weighted by Crippen LogP contribution is 2.30. The molecule has 1 saturated heterocycles. The average molecular weight is 284 g/mol. The molecule has 1 aromatic rings. The van der Waals surface area contributed by atoms with E-state index in [4.69, 9.17) is 6.42 Å². The molecule has 0 bridgehead atoms. The van der Waals surface area contributed by atoms with Crippen molar-refractivity contribution >= 4 is 11.8 Å². The Morgan fingerprint density at radius 3 is 2.48 bits per heavy atom. The quantitative estimate of drug-likeness (QED) is 0.856. The van der Waals surface area contributed by atoms with Crippen molar-refractivity contribution in [2.75, 3.05) is 6.54 Å². The summed E-state index contributed by atoms with van der Waals surface area (Å²) in [6.45, 7) is 5.68. The second kappa shape index (κ2) is 5.61. The molecule has 0 spiro atoms. The Hall–Kier alpha value is -2.28. The number of hydrogen-bond acceptors (Lipinski definition) is 2. The molecule has 21 heavy (non-hydrogen) atoms. The molecule has 4 nitrogen and oxygen atoms in total. The molecule has 2 unspecified atom stereocenters. The fourth-order valence-corrected chi connectivity index (χ4v) is 2.83. The van der Waals surface area contributed by atoms with Gasteiger partial charge in [0.2, 0.25) is 5.91 Å². The topological polar surface area (TPSA) is 49.4 Å². The van der Waals surface area contributed by atoms with Crippen LogP contribution < -0.4 is 5.32 Å². The van der Waals surface area contributed by atoms with Gasteiger partial charge in [0.05, 0.1) is 6.54 Å². The number of nitrogens with zero attached hydrogens (tertiary/aromatic N) is 1. The largest absolute Gasteiger partial charge is 0.336 e. The SMILES string of the molecule is C#CCN1C(=O)C(C)(c2ccccc2)NC(=O)C1C(C)C. The lowest BCUT2D eigenvalue weighted by atomic mass is 9.85. The van der Waals surface area contributed by atoms with Crippen molar-refractivity contribution in [2.24, 2.45) is 5.92 Å². The van der Waals surface area contributed by atoms with E-state index < -0.39 is 11.6 Å². The summed E-state index contributed by atoms with van der Waals surface area (Å²) in [5, 5.41) is 2.88. The first kappa shape index (κ1) is 15.1. The van der Waals surface area contributed by atoms with Crippen LogP contribution in [0.3, 0.4) is 0 Å². The van der Waals surface area contributed by atoms with E-state index in [0.717, 1.165) is 5.56 Å². The first-order valence-corrected chi connectivity index (χ1v) is 7.04. The summed E-state index contributed by atoms with van der Waals surface area (Å²) < 4.78 is 0. The summed E-state index contributed by atoms with van der Waals surface area (Å²) in [7, 11) is 0. The molecule has 0 aromatic heterocycles. The maximum atomic E-state index is 12.9. The number of carbonyl (C=O) groups is 2. The second-order valence-corrected chi connectivity index (χ2v) is 5.81. The van der Waals surface area contributed by atoms with E-state index in [2.05, 4.69) is 11.2 Å². The third kappa shape index (κ3) is 2.52. The molecule has 110 valence electrons. The monoisotopic (exact) mass is 284 g/mol. The molecule has 1 fully saturated rings. The van der Waals surface area contributed by atoms with E-state index >= 15 is 0 Å². The van der Waals surface area contributed by atoms with Crippen molar-refractivity contribution in [2.45, 2.75) is 32.4 Å². The van der Waals surface area contributed by atoms with Crippen LogP contribution in [0, 0.1) is 18.3 Å².